The largest absolute Gasteiger partial charge is 0.480 e. The molecular weight excluding hydrogens is 256 g/mol. The van der Waals surface area contributed by atoms with Gasteiger partial charge in [0.15, 0.2) is 0 Å². The predicted molar refractivity (Wildman–Crippen MR) is 78.2 cm³/mol. The van der Waals surface area contributed by atoms with Crippen LogP contribution in [0.5, 0.6) is 0 Å². The second-order valence-corrected chi connectivity index (χ2v) is 6.53. The number of carboxylic acid groups (broad SMARTS) is 1. The maximum Gasteiger partial charge on any atom is 0.326 e. The molecule has 5 nitrogen and oxygen atoms in total. The molecule has 1 rings (SSSR count). The monoisotopic (exact) mass is 284 g/mol. The van der Waals surface area contributed by atoms with Crippen LogP contribution in [-0.2, 0) is 9.59 Å². The lowest BCUT2D eigenvalue weighted by molar-refractivity contribution is -0.142. The Bertz CT molecular complexity index is 336. The van der Waals surface area contributed by atoms with E-state index in [1.807, 2.05) is 13.8 Å². The first kappa shape index (κ1) is 17.0. The van der Waals surface area contributed by atoms with Gasteiger partial charge in [0.05, 0.1) is 0 Å². The fraction of sp³-hybridized carbons (Fsp3) is 0.867. The molecule has 0 spiro atoms. The lowest BCUT2D eigenvalue weighted by Crippen LogP contribution is -2.45. The number of nitrogens with one attached hydrogen (secondary N) is 1. The molecule has 0 aliphatic heterocycles. The van der Waals surface area contributed by atoms with Crippen molar-refractivity contribution < 1.29 is 14.7 Å². The maximum atomic E-state index is 12.1. The summed E-state index contributed by atoms with van der Waals surface area (Å²) in [6, 6.07) is -0.791. The molecule has 4 N–H and O–H groups in total. The average molecular weight is 284 g/mol. The molecule has 0 aromatic carbocycles. The van der Waals surface area contributed by atoms with Gasteiger partial charge in [-0.3, -0.25) is 4.79 Å². The summed E-state index contributed by atoms with van der Waals surface area (Å²) in [4.78, 5) is 23.3. The van der Waals surface area contributed by atoms with Gasteiger partial charge in [0.25, 0.3) is 0 Å². The molecule has 1 aliphatic rings. The van der Waals surface area contributed by atoms with Crippen LogP contribution in [0.15, 0.2) is 0 Å². The molecule has 0 saturated heterocycles. The zero-order valence-electron chi connectivity index (χ0n) is 12.7. The van der Waals surface area contributed by atoms with E-state index in [9.17, 15) is 9.59 Å². The van der Waals surface area contributed by atoms with Gasteiger partial charge in [-0.05, 0) is 37.1 Å². The number of hydrogen-bond donors (Lipinski definition) is 3. The maximum absolute atomic E-state index is 12.1. The molecular formula is C15H28N2O3. The molecule has 116 valence electrons. The van der Waals surface area contributed by atoms with E-state index in [1.54, 1.807) is 0 Å². The Balaban J connectivity index is 2.57. The average Bonchev–Trinajstić information content (AvgIpc) is 2.38. The van der Waals surface area contributed by atoms with Gasteiger partial charge >= 0.3 is 5.97 Å². The highest BCUT2D eigenvalue weighted by Crippen LogP contribution is 2.38. The van der Waals surface area contributed by atoms with Crippen LogP contribution >= 0.6 is 0 Å². The summed E-state index contributed by atoms with van der Waals surface area (Å²) >= 11 is 0. The van der Waals surface area contributed by atoms with Crippen molar-refractivity contribution in [3.63, 3.8) is 0 Å². The van der Waals surface area contributed by atoms with Crippen molar-refractivity contribution in [1.29, 1.82) is 0 Å². The summed E-state index contributed by atoms with van der Waals surface area (Å²) in [6.45, 7) is 4.40. The minimum absolute atomic E-state index is 0.122. The van der Waals surface area contributed by atoms with Gasteiger partial charge in [-0.2, -0.15) is 0 Å². The minimum Gasteiger partial charge on any atom is -0.480 e. The van der Waals surface area contributed by atoms with Gasteiger partial charge in [-0.25, -0.2) is 4.79 Å². The predicted octanol–water partition coefficient (Wildman–Crippen LogP) is 1.90. The Kier molecular flexibility index (Phi) is 6.46. The standard InChI is InChI=1S/C15H28N2O3/c1-11(2)8-12(14(19)20)17-13(18)9-15(10-16)6-4-3-5-7-15/h11-12H,3-10,16H2,1-2H3,(H,17,18)(H,19,20)/t12-/m1/s1. The minimum atomic E-state index is -0.961. The van der Waals surface area contributed by atoms with E-state index >= 15 is 0 Å². The highest BCUT2D eigenvalue weighted by atomic mass is 16.4. The normalized spacial score (nSPS) is 19.6. The van der Waals surface area contributed by atoms with Crippen molar-refractivity contribution in [1.82, 2.24) is 5.32 Å². The molecule has 0 aromatic heterocycles. The molecule has 0 bridgehead atoms. The van der Waals surface area contributed by atoms with Gasteiger partial charge < -0.3 is 16.2 Å². The zero-order valence-corrected chi connectivity index (χ0v) is 12.7. The Labute approximate surface area is 121 Å². The van der Waals surface area contributed by atoms with Crippen LogP contribution < -0.4 is 11.1 Å². The smallest absolute Gasteiger partial charge is 0.326 e. The van der Waals surface area contributed by atoms with Crippen molar-refractivity contribution in [2.45, 2.75) is 64.8 Å². The summed E-state index contributed by atoms with van der Waals surface area (Å²) < 4.78 is 0. The first-order valence-corrected chi connectivity index (χ1v) is 7.61. The van der Waals surface area contributed by atoms with Crippen LogP contribution in [0.4, 0.5) is 0 Å². The molecule has 0 unspecified atom stereocenters. The number of carboxylic acids is 1. The molecule has 0 aromatic rings. The number of hydrogen-bond acceptors (Lipinski definition) is 3. The van der Waals surface area contributed by atoms with E-state index in [-0.39, 0.29) is 17.2 Å². The molecule has 1 saturated carbocycles. The molecule has 5 heteroatoms. The zero-order chi connectivity index (χ0) is 15.2. The highest BCUT2D eigenvalue weighted by molar-refractivity contribution is 5.83. The SMILES string of the molecule is CC(C)C[C@@H](NC(=O)CC1(CN)CCCCC1)C(=O)O. The van der Waals surface area contributed by atoms with Crippen molar-refractivity contribution in [3.8, 4) is 0 Å². The number of aliphatic carboxylic acids is 1. The van der Waals surface area contributed by atoms with Crippen molar-refractivity contribution in [3.05, 3.63) is 0 Å². The van der Waals surface area contributed by atoms with E-state index in [4.69, 9.17) is 10.8 Å². The first-order chi connectivity index (χ1) is 9.38. The topological polar surface area (TPSA) is 92.4 Å². The number of nitrogens with two attached hydrogens (primary N) is 1. The lowest BCUT2D eigenvalue weighted by atomic mass is 9.71. The van der Waals surface area contributed by atoms with Gasteiger partial charge in [-0.15, -0.1) is 0 Å². The number of carbonyl (C=O) groups is 2. The fourth-order valence-corrected chi connectivity index (χ4v) is 3.03. The van der Waals surface area contributed by atoms with Crippen LogP contribution in [0.2, 0.25) is 0 Å². The summed E-state index contributed by atoms with van der Waals surface area (Å²) in [5, 5.41) is 11.8. The van der Waals surface area contributed by atoms with Gasteiger partial charge in [0.1, 0.15) is 6.04 Å². The lowest BCUT2D eigenvalue weighted by Gasteiger charge is -2.36. The summed E-state index contributed by atoms with van der Waals surface area (Å²) in [6.07, 6.45) is 6.17. The number of amides is 1. The third-order valence-electron chi connectivity index (χ3n) is 4.22. The third-order valence-corrected chi connectivity index (χ3v) is 4.22. The van der Waals surface area contributed by atoms with Gasteiger partial charge in [0.2, 0.25) is 5.91 Å². The van der Waals surface area contributed by atoms with Crippen LogP contribution in [0.3, 0.4) is 0 Å². The molecule has 1 fully saturated rings. The number of rotatable bonds is 7. The third kappa shape index (κ3) is 5.12. The summed E-state index contributed by atoms with van der Waals surface area (Å²) in [5.74, 6) is -0.905. The van der Waals surface area contributed by atoms with E-state index in [2.05, 4.69) is 5.32 Å². The Morgan fingerprint density at radius 1 is 1.25 bits per heavy atom. The van der Waals surface area contributed by atoms with Crippen molar-refractivity contribution in [2.24, 2.45) is 17.1 Å². The van der Waals surface area contributed by atoms with E-state index in [1.165, 1.54) is 6.42 Å². The molecule has 0 radical (unpaired) electrons. The Morgan fingerprint density at radius 2 is 1.85 bits per heavy atom. The number of carbonyl (C=O) groups excluding carboxylic acids is 1. The Morgan fingerprint density at radius 3 is 2.30 bits per heavy atom. The second kappa shape index (κ2) is 7.62. The second-order valence-electron chi connectivity index (χ2n) is 6.53. The Hall–Kier alpha value is -1.10. The first-order valence-electron chi connectivity index (χ1n) is 7.61. The molecule has 1 amide bonds. The van der Waals surface area contributed by atoms with Crippen molar-refractivity contribution in [2.75, 3.05) is 6.54 Å². The van der Waals surface area contributed by atoms with Crippen LogP contribution in [0, 0.1) is 11.3 Å². The molecule has 1 atom stereocenters. The van der Waals surface area contributed by atoms with Crippen molar-refractivity contribution >= 4 is 11.9 Å². The summed E-state index contributed by atoms with van der Waals surface area (Å²) in [7, 11) is 0. The summed E-state index contributed by atoms with van der Waals surface area (Å²) in [5.41, 5.74) is 5.74. The van der Waals surface area contributed by atoms with Crippen LogP contribution in [-0.4, -0.2) is 29.6 Å². The molecule has 1 aliphatic carbocycles. The molecule has 0 heterocycles. The molecule has 20 heavy (non-hydrogen) atoms. The van der Waals surface area contributed by atoms with Gasteiger partial charge in [-0.1, -0.05) is 33.1 Å². The van der Waals surface area contributed by atoms with E-state index < -0.39 is 12.0 Å². The van der Waals surface area contributed by atoms with Gasteiger partial charge in [0, 0.05) is 6.42 Å². The van der Waals surface area contributed by atoms with E-state index in [0.717, 1.165) is 25.7 Å². The van der Waals surface area contributed by atoms with Crippen LogP contribution in [0.25, 0.3) is 0 Å². The quantitative estimate of drug-likeness (QED) is 0.665. The highest BCUT2D eigenvalue weighted by Gasteiger charge is 2.34. The fourth-order valence-electron chi connectivity index (χ4n) is 3.03. The van der Waals surface area contributed by atoms with Crippen LogP contribution in [0.1, 0.15) is 58.8 Å². The van der Waals surface area contributed by atoms with E-state index in [0.29, 0.717) is 19.4 Å².